The van der Waals surface area contributed by atoms with E-state index in [0.717, 1.165) is 24.8 Å². The van der Waals surface area contributed by atoms with Gasteiger partial charge >= 0.3 is 5.97 Å². The minimum Gasteiger partial charge on any atom is -0.478 e. The molecule has 0 aliphatic heterocycles. The molecule has 32 heavy (non-hydrogen) atoms. The van der Waals surface area contributed by atoms with Crippen molar-refractivity contribution < 1.29 is 19.7 Å². The van der Waals surface area contributed by atoms with Crippen LogP contribution in [0.1, 0.15) is 39.6 Å². The molecule has 3 aromatic rings. The molecule has 2 atom stereocenters. The highest BCUT2D eigenvalue weighted by molar-refractivity contribution is 6.30. The standard InChI is InChI=1S/C25H24ClNO4.ClH/c26-20-8-4-17(5-9-20)24(28)15-27-21-10-6-16-7-11-23(14-19(16)12-21)31-22-3-1-2-18(13-22)25(29)30;/h1-5,7-9,11,13-14,21,24,27-28H,6,10,12,15H2,(H,29,30);1H/t21-,24+;/m0./s1. The zero-order valence-electron chi connectivity index (χ0n) is 17.3. The maximum atomic E-state index is 11.2. The van der Waals surface area contributed by atoms with Gasteiger partial charge in [0.2, 0.25) is 0 Å². The Kier molecular flexibility index (Phi) is 8.15. The number of rotatable bonds is 7. The minimum atomic E-state index is -0.981. The van der Waals surface area contributed by atoms with Crippen LogP contribution in [0.4, 0.5) is 0 Å². The minimum absolute atomic E-state index is 0. The van der Waals surface area contributed by atoms with Gasteiger partial charge in [-0.25, -0.2) is 4.79 Å². The van der Waals surface area contributed by atoms with Crippen molar-refractivity contribution in [3.8, 4) is 11.5 Å². The highest BCUT2D eigenvalue weighted by Gasteiger charge is 2.20. The van der Waals surface area contributed by atoms with Gasteiger partial charge in [0.25, 0.3) is 0 Å². The van der Waals surface area contributed by atoms with Crippen molar-refractivity contribution >= 4 is 30.0 Å². The summed E-state index contributed by atoms with van der Waals surface area (Å²) in [5.74, 6) is 0.199. The maximum Gasteiger partial charge on any atom is 0.335 e. The monoisotopic (exact) mass is 473 g/mol. The van der Waals surface area contributed by atoms with Gasteiger partial charge in [-0.3, -0.25) is 0 Å². The summed E-state index contributed by atoms with van der Waals surface area (Å²) in [6, 6.07) is 20.0. The van der Waals surface area contributed by atoms with E-state index in [4.69, 9.17) is 21.4 Å². The van der Waals surface area contributed by atoms with Crippen LogP contribution in [0, 0.1) is 0 Å². The molecule has 7 heteroatoms. The lowest BCUT2D eigenvalue weighted by Gasteiger charge is -2.27. The van der Waals surface area contributed by atoms with Crippen LogP contribution in [0.2, 0.25) is 5.02 Å². The smallest absolute Gasteiger partial charge is 0.335 e. The summed E-state index contributed by atoms with van der Waals surface area (Å²) in [6.07, 6.45) is 2.21. The third-order valence-electron chi connectivity index (χ3n) is 5.58. The molecule has 0 radical (unpaired) electrons. The number of aliphatic hydroxyl groups excluding tert-OH is 1. The summed E-state index contributed by atoms with van der Waals surface area (Å²) in [5.41, 5.74) is 3.53. The van der Waals surface area contributed by atoms with Gasteiger partial charge in [0, 0.05) is 17.6 Å². The first-order valence-electron chi connectivity index (χ1n) is 10.3. The molecule has 1 aliphatic rings. The zero-order valence-corrected chi connectivity index (χ0v) is 18.9. The number of carboxylic acids is 1. The third-order valence-corrected chi connectivity index (χ3v) is 5.83. The Morgan fingerprint density at radius 1 is 1.06 bits per heavy atom. The van der Waals surface area contributed by atoms with Gasteiger partial charge in [-0.2, -0.15) is 0 Å². The Balaban J connectivity index is 0.00000289. The fourth-order valence-corrected chi connectivity index (χ4v) is 4.01. The Labute approximate surface area is 198 Å². The van der Waals surface area contributed by atoms with E-state index < -0.39 is 12.1 Å². The van der Waals surface area contributed by atoms with Gasteiger partial charge in [0.15, 0.2) is 0 Å². The zero-order chi connectivity index (χ0) is 21.8. The molecule has 4 rings (SSSR count). The number of hydrogen-bond donors (Lipinski definition) is 3. The highest BCUT2D eigenvalue weighted by atomic mass is 35.5. The number of aromatic carboxylic acids is 1. The molecule has 0 fully saturated rings. The number of benzene rings is 3. The summed E-state index contributed by atoms with van der Waals surface area (Å²) >= 11 is 5.91. The molecular formula is C25H25Cl2NO4. The molecule has 0 amide bonds. The molecule has 0 unspecified atom stereocenters. The SMILES string of the molecule is Cl.O=C(O)c1cccc(Oc2ccc3c(c2)C[C@@H](NC[C@@H](O)c2ccc(Cl)cc2)CC3)c1. The van der Waals surface area contributed by atoms with Crippen LogP contribution in [0.3, 0.4) is 0 Å². The second kappa shape index (κ2) is 10.8. The van der Waals surface area contributed by atoms with Crippen LogP contribution in [0.25, 0.3) is 0 Å². The molecule has 168 valence electrons. The third kappa shape index (κ3) is 6.02. The first-order valence-corrected chi connectivity index (χ1v) is 10.7. The Morgan fingerprint density at radius 3 is 2.56 bits per heavy atom. The first-order chi connectivity index (χ1) is 15.0. The fraction of sp³-hybridized carbons (Fsp3) is 0.240. The average molecular weight is 474 g/mol. The lowest BCUT2D eigenvalue weighted by atomic mass is 9.88. The van der Waals surface area contributed by atoms with Crippen LogP contribution in [-0.4, -0.2) is 28.8 Å². The van der Waals surface area contributed by atoms with Crippen molar-refractivity contribution in [1.82, 2.24) is 5.32 Å². The van der Waals surface area contributed by atoms with Crippen molar-refractivity contribution in [3.63, 3.8) is 0 Å². The number of aryl methyl sites for hydroxylation is 1. The molecule has 3 aromatic carbocycles. The number of nitrogens with one attached hydrogen (secondary N) is 1. The van der Waals surface area contributed by atoms with E-state index in [1.165, 1.54) is 23.3 Å². The van der Waals surface area contributed by atoms with Crippen molar-refractivity contribution in [3.05, 3.63) is 94.0 Å². The van der Waals surface area contributed by atoms with Crippen molar-refractivity contribution in [1.29, 1.82) is 0 Å². The lowest BCUT2D eigenvalue weighted by molar-refractivity contribution is 0.0696. The van der Waals surface area contributed by atoms with Crippen molar-refractivity contribution in [2.24, 2.45) is 0 Å². The summed E-state index contributed by atoms with van der Waals surface area (Å²) in [5, 5.41) is 23.7. The van der Waals surface area contributed by atoms with E-state index in [1.54, 1.807) is 24.3 Å². The second-order valence-electron chi connectivity index (χ2n) is 7.78. The first kappa shape index (κ1) is 24.1. The number of fused-ring (bicyclic) bond motifs is 1. The summed E-state index contributed by atoms with van der Waals surface area (Å²) in [6.45, 7) is 0.472. The predicted octanol–water partition coefficient (Wildman–Crippen LogP) is 5.43. The van der Waals surface area contributed by atoms with E-state index >= 15 is 0 Å². The Hall–Kier alpha value is -2.57. The lowest BCUT2D eigenvalue weighted by Crippen LogP contribution is -2.37. The van der Waals surface area contributed by atoms with Crippen LogP contribution in [0.15, 0.2) is 66.7 Å². The van der Waals surface area contributed by atoms with E-state index in [2.05, 4.69) is 11.4 Å². The summed E-state index contributed by atoms with van der Waals surface area (Å²) in [7, 11) is 0. The number of ether oxygens (including phenoxy) is 1. The quantitative estimate of drug-likeness (QED) is 0.426. The average Bonchev–Trinajstić information content (AvgIpc) is 2.78. The molecule has 1 aliphatic carbocycles. The normalized spacial score (nSPS) is 15.9. The van der Waals surface area contributed by atoms with Crippen LogP contribution in [-0.2, 0) is 12.8 Å². The van der Waals surface area contributed by atoms with E-state index in [1.807, 2.05) is 24.3 Å². The molecule has 0 saturated heterocycles. The van der Waals surface area contributed by atoms with E-state index in [-0.39, 0.29) is 24.0 Å². The van der Waals surface area contributed by atoms with Crippen LogP contribution < -0.4 is 10.1 Å². The fourth-order valence-electron chi connectivity index (χ4n) is 3.88. The van der Waals surface area contributed by atoms with Crippen LogP contribution in [0.5, 0.6) is 11.5 Å². The van der Waals surface area contributed by atoms with E-state index in [0.29, 0.717) is 23.1 Å². The number of hydrogen-bond acceptors (Lipinski definition) is 4. The van der Waals surface area contributed by atoms with Crippen LogP contribution >= 0.6 is 24.0 Å². The van der Waals surface area contributed by atoms with Gasteiger partial charge in [0.05, 0.1) is 11.7 Å². The Bertz CT molecular complexity index is 1070. The molecule has 3 N–H and O–H groups in total. The molecule has 0 spiro atoms. The van der Waals surface area contributed by atoms with Gasteiger partial charge in [-0.1, -0.05) is 35.9 Å². The number of aliphatic hydroxyl groups is 1. The largest absolute Gasteiger partial charge is 0.478 e. The summed E-state index contributed by atoms with van der Waals surface area (Å²) in [4.78, 5) is 11.2. The summed E-state index contributed by atoms with van der Waals surface area (Å²) < 4.78 is 5.90. The molecule has 0 bridgehead atoms. The highest BCUT2D eigenvalue weighted by Crippen LogP contribution is 2.29. The molecule has 5 nitrogen and oxygen atoms in total. The van der Waals surface area contributed by atoms with E-state index in [9.17, 15) is 9.90 Å². The van der Waals surface area contributed by atoms with Gasteiger partial charge in [-0.15, -0.1) is 12.4 Å². The predicted molar refractivity (Wildman–Crippen MR) is 127 cm³/mol. The van der Waals surface area contributed by atoms with Gasteiger partial charge in [-0.05, 0) is 78.4 Å². The maximum absolute atomic E-state index is 11.2. The second-order valence-corrected chi connectivity index (χ2v) is 8.22. The number of carbonyl (C=O) groups is 1. The number of carboxylic acid groups (broad SMARTS) is 1. The molecule has 0 heterocycles. The van der Waals surface area contributed by atoms with Crippen molar-refractivity contribution in [2.45, 2.75) is 31.4 Å². The van der Waals surface area contributed by atoms with Gasteiger partial charge in [0.1, 0.15) is 11.5 Å². The Morgan fingerprint density at radius 2 is 1.81 bits per heavy atom. The van der Waals surface area contributed by atoms with Gasteiger partial charge < -0.3 is 20.3 Å². The molecule has 0 saturated carbocycles. The molecular weight excluding hydrogens is 449 g/mol. The molecule has 0 aromatic heterocycles. The van der Waals surface area contributed by atoms with Crippen molar-refractivity contribution in [2.75, 3.05) is 6.54 Å². The topological polar surface area (TPSA) is 78.8 Å². The number of halogens is 2.